The molecule has 126 valence electrons. The molecule has 2 aromatic rings. The van der Waals surface area contributed by atoms with E-state index < -0.39 is 4.92 Å². The van der Waals surface area contributed by atoms with E-state index in [1.54, 1.807) is 25.2 Å². The molecule has 0 saturated carbocycles. The van der Waals surface area contributed by atoms with Gasteiger partial charge >= 0.3 is 0 Å². The first-order chi connectivity index (χ1) is 11.5. The van der Waals surface area contributed by atoms with Gasteiger partial charge in [-0.2, -0.15) is 0 Å². The highest BCUT2D eigenvalue weighted by Gasteiger charge is 2.17. The summed E-state index contributed by atoms with van der Waals surface area (Å²) in [5.74, 6) is 0.567. The van der Waals surface area contributed by atoms with Gasteiger partial charge in [-0.1, -0.05) is 35.9 Å². The molecule has 6 heteroatoms. The van der Waals surface area contributed by atoms with Gasteiger partial charge in [-0.25, -0.2) is 0 Å². The zero-order valence-corrected chi connectivity index (χ0v) is 13.8. The van der Waals surface area contributed by atoms with Gasteiger partial charge in [0.15, 0.2) is 0 Å². The maximum Gasteiger partial charge on any atom is 0.273 e. The smallest absolute Gasteiger partial charge is 0.273 e. The predicted molar refractivity (Wildman–Crippen MR) is 91.1 cm³/mol. The lowest BCUT2D eigenvalue weighted by molar-refractivity contribution is -0.385. The number of aryl methyl sites for hydroxylation is 1. The number of hydrogen-bond donors (Lipinski definition) is 0. The van der Waals surface area contributed by atoms with E-state index in [9.17, 15) is 14.9 Å². The summed E-state index contributed by atoms with van der Waals surface area (Å²) in [5, 5.41) is 11.0. The number of hydrogen-bond acceptors (Lipinski definition) is 4. The lowest BCUT2D eigenvalue weighted by Crippen LogP contribution is -2.32. The summed E-state index contributed by atoms with van der Waals surface area (Å²) in [4.78, 5) is 24.3. The van der Waals surface area contributed by atoms with Crippen molar-refractivity contribution in [3.8, 4) is 5.75 Å². The first-order valence-electron chi connectivity index (χ1n) is 7.63. The van der Waals surface area contributed by atoms with Gasteiger partial charge in [0.25, 0.3) is 5.69 Å². The van der Waals surface area contributed by atoms with Crippen LogP contribution in [-0.4, -0.2) is 35.9 Å². The van der Waals surface area contributed by atoms with Crippen LogP contribution in [0, 0.1) is 17.0 Å². The van der Waals surface area contributed by atoms with Gasteiger partial charge in [-0.3, -0.25) is 14.9 Å². The Kier molecular flexibility index (Phi) is 5.89. The van der Waals surface area contributed by atoms with Crippen LogP contribution in [0.1, 0.15) is 11.1 Å². The van der Waals surface area contributed by atoms with Crippen LogP contribution in [0.4, 0.5) is 5.69 Å². The number of ether oxygens (including phenoxy) is 1. The fraction of sp³-hybridized carbons (Fsp3) is 0.278. The molecule has 0 heterocycles. The quantitative estimate of drug-likeness (QED) is 0.578. The van der Waals surface area contributed by atoms with E-state index in [1.807, 2.05) is 31.2 Å². The summed E-state index contributed by atoms with van der Waals surface area (Å²) in [6.45, 7) is 2.77. The van der Waals surface area contributed by atoms with E-state index in [4.69, 9.17) is 4.74 Å². The number of para-hydroxylation sites is 1. The van der Waals surface area contributed by atoms with Crippen LogP contribution in [0.3, 0.4) is 0 Å². The molecule has 0 fully saturated rings. The Labute approximate surface area is 140 Å². The maximum absolute atomic E-state index is 12.2. The molecule has 0 saturated heterocycles. The van der Waals surface area contributed by atoms with Crippen molar-refractivity contribution in [2.45, 2.75) is 13.3 Å². The number of likely N-dealkylation sites (N-methyl/N-ethyl adjacent to an activating group) is 1. The van der Waals surface area contributed by atoms with Crippen molar-refractivity contribution >= 4 is 11.6 Å². The van der Waals surface area contributed by atoms with Crippen molar-refractivity contribution in [1.82, 2.24) is 4.90 Å². The molecule has 6 nitrogen and oxygen atoms in total. The molecule has 0 N–H and O–H groups in total. The second-order valence-electron chi connectivity index (χ2n) is 5.54. The average molecular weight is 328 g/mol. The average Bonchev–Trinajstić information content (AvgIpc) is 2.56. The molecule has 0 aromatic heterocycles. The second-order valence-corrected chi connectivity index (χ2v) is 5.54. The first-order valence-corrected chi connectivity index (χ1v) is 7.63. The minimum Gasteiger partial charge on any atom is -0.492 e. The molecule has 0 spiro atoms. The normalized spacial score (nSPS) is 10.2. The van der Waals surface area contributed by atoms with Crippen LogP contribution in [0.2, 0.25) is 0 Å². The predicted octanol–water partition coefficient (Wildman–Crippen LogP) is 2.98. The Morgan fingerprint density at radius 3 is 2.50 bits per heavy atom. The number of nitro groups is 1. The van der Waals surface area contributed by atoms with Gasteiger partial charge in [0.05, 0.1) is 17.9 Å². The van der Waals surface area contributed by atoms with Crippen LogP contribution in [0.15, 0.2) is 48.5 Å². The lowest BCUT2D eigenvalue weighted by Gasteiger charge is -2.17. The number of carbonyl (C=O) groups excluding carboxylic acids is 1. The topological polar surface area (TPSA) is 72.7 Å². The second kappa shape index (κ2) is 8.10. The third-order valence-electron chi connectivity index (χ3n) is 3.67. The number of carbonyl (C=O) groups is 1. The van der Waals surface area contributed by atoms with Crippen molar-refractivity contribution in [3.63, 3.8) is 0 Å². The monoisotopic (exact) mass is 328 g/mol. The van der Waals surface area contributed by atoms with E-state index >= 15 is 0 Å². The van der Waals surface area contributed by atoms with Gasteiger partial charge < -0.3 is 9.64 Å². The standard InChI is InChI=1S/C18H20N2O4/c1-14-7-9-16(10-8-14)24-12-11-19(2)18(21)13-15-5-3-4-6-17(15)20(22)23/h3-10H,11-13H2,1-2H3. The van der Waals surface area contributed by atoms with Gasteiger partial charge in [0.2, 0.25) is 5.91 Å². The SMILES string of the molecule is Cc1ccc(OCCN(C)C(=O)Cc2ccccc2[N+](=O)[O-])cc1. The molecule has 0 aliphatic carbocycles. The van der Waals surface area contributed by atoms with Crippen molar-refractivity contribution in [1.29, 1.82) is 0 Å². The Bertz CT molecular complexity index is 713. The summed E-state index contributed by atoms with van der Waals surface area (Å²) in [5.41, 5.74) is 1.54. The largest absolute Gasteiger partial charge is 0.492 e. The van der Waals surface area contributed by atoms with Crippen molar-refractivity contribution in [3.05, 3.63) is 69.8 Å². The van der Waals surface area contributed by atoms with Crippen LogP contribution in [0.25, 0.3) is 0 Å². The minimum atomic E-state index is -0.469. The molecule has 0 bridgehead atoms. The van der Waals surface area contributed by atoms with Gasteiger partial charge in [-0.15, -0.1) is 0 Å². The lowest BCUT2D eigenvalue weighted by atomic mass is 10.1. The minimum absolute atomic E-state index is 0.00180. The third-order valence-corrected chi connectivity index (χ3v) is 3.67. The van der Waals surface area contributed by atoms with Crippen molar-refractivity contribution in [2.75, 3.05) is 20.2 Å². The maximum atomic E-state index is 12.2. The zero-order chi connectivity index (χ0) is 17.5. The van der Waals surface area contributed by atoms with E-state index in [0.717, 1.165) is 11.3 Å². The number of rotatable bonds is 7. The molecule has 0 aliphatic heterocycles. The highest BCUT2D eigenvalue weighted by molar-refractivity contribution is 5.79. The Hall–Kier alpha value is -2.89. The molecular weight excluding hydrogens is 308 g/mol. The molecule has 24 heavy (non-hydrogen) atoms. The summed E-state index contributed by atoms with van der Waals surface area (Å²) in [7, 11) is 1.66. The number of benzene rings is 2. The van der Waals surface area contributed by atoms with Crippen LogP contribution in [0.5, 0.6) is 5.75 Å². The van der Waals surface area contributed by atoms with E-state index in [2.05, 4.69) is 0 Å². The molecule has 2 rings (SSSR count). The van der Waals surface area contributed by atoms with Crippen LogP contribution >= 0.6 is 0 Å². The van der Waals surface area contributed by atoms with Crippen LogP contribution < -0.4 is 4.74 Å². The number of amides is 1. The highest BCUT2D eigenvalue weighted by Crippen LogP contribution is 2.18. The fourth-order valence-electron chi connectivity index (χ4n) is 2.20. The van der Waals surface area contributed by atoms with E-state index in [-0.39, 0.29) is 18.0 Å². The molecule has 2 aromatic carbocycles. The number of nitrogens with zero attached hydrogens (tertiary/aromatic N) is 2. The molecule has 0 atom stereocenters. The Morgan fingerprint density at radius 1 is 1.17 bits per heavy atom. The molecular formula is C18H20N2O4. The summed E-state index contributed by atoms with van der Waals surface area (Å²) < 4.78 is 5.59. The molecule has 0 radical (unpaired) electrons. The van der Waals surface area contributed by atoms with Crippen molar-refractivity contribution in [2.24, 2.45) is 0 Å². The van der Waals surface area contributed by atoms with Crippen LogP contribution in [-0.2, 0) is 11.2 Å². The molecule has 0 unspecified atom stereocenters. The van der Waals surface area contributed by atoms with E-state index in [1.165, 1.54) is 11.0 Å². The Morgan fingerprint density at radius 2 is 1.83 bits per heavy atom. The fourth-order valence-corrected chi connectivity index (χ4v) is 2.20. The Balaban J connectivity index is 1.86. The highest BCUT2D eigenvalue weighted by atomic mass is 16.6. The summed E-state index contributed by atoms with van der Waals surface area (Å²) in [6, 6.07) is 14.0. The van der Waals surface area contributed by atoms with Gasteiger partial charge in [-0.05, 0) is 19.1 Å². The van der Waals surface area contributed by atoms with Crippen molar-refractivity contribution < 1.29 is 14.5 Å². The summed E-state index contributed by atoms with van der Waals surface area (Å²) >= 11 is 0. The molecule has 0 aliphatic rings. The van der Waals surface area contributed by atoms with E-state index in [0.29, 0.717) is 18.7 Å². The summed E-state index contributed by atoms with van der Waals surface area (Å²) in [6.07, 6.45) is -0.00180. The molecule has 1 amide bonds. The van der Waals surface area contributed by atoms with Gasteiger partial charge in [0.1, 0.15) is 12.4 Å². The van der Waals surface area contributed by atoms with Gasteiger partial charge in [0, 0.05) is 18.7 Å². The first kappa shape index (κ1) is 17.5. The third kappa shape index (κ3) is 4.81. The number of nitro benzene ring substituents is 1. The zero-order valence-electron chi connectivity index (χ0n) is 13.8.